The van der Waals surface area contributed by atoms with E-state index < -0.39 is 18.1 Å². The van der Waals surface area contributed by atoms with Crippen molar-refractivity contribution < 1.29 is 18.0 Å². The number of hydrogen-bond donors (Lipinski definition) is 1. The molecular formula is C21H24F3N3O. The van der Waals surface area contributed by atoms with Gasteiger partial charge in [0.15, 0.2) is 5.69 Å². The number of aryl methyl sites for hydroxylation is 1. The number of aromatic nitrogens is 2. The van der Waals surface area contributed by atoms with E-state index in [1.165, 1.54) is 0 Å². The van der Waals surface area contributed by atoms with Crippen molar-refractivity contribution in [2.75, 3.05) is 0 Å². The van der Waals surface area contributed by atoms with Gasteiger partial charge >= 0.3 is 6.18 Å². The van der Waals surface area contributed by atoms with Crippen LogP contribution in [0.25, 0.3) is 5.69 Å². The maximum Gasteiger partial charge on any atom is 0.391 e. The molecule has 150 valence electrons. The molecule has 4 nitrogen and oxygen atoms in total. The molecule has 28 heavy (non-hydrogen) atoms. The molecule has 2 aliphatic rings. The molecule has 2 atom stereocenters. The monoisotopic (exact) mass is 391 g/mol. The van der Waals surface area contributed by atoms with Gasteiger partial charge in [-0.05, 0) is 57.6 Å². The highest BCUT2D eigenvalue weighted by Gasteiger charge is 2.42. The van der Waals surface area contributed by atoms with Crippen LogP contribution in [0.2, 0.25) is 0 Å². The molecule has 1 aromatic heterocycles. The molecule has 1 N–H and O–H groups in total. The highest BCUT2D eigenvalue weighted by atomic mass is 19.4. The lowest BCUT2D eigenvalue weighted by atomic mass is 9.85. The molecule has 2 aromatic rings. The first-order chi connectivity index (χ1) is 13.3. The zero-order chi connectivity index (χ0) is 19.9. The standard InChI is InChI=1S/C21H24F3N3O/c1-13-8-10-16(11-9-13)27-18-7-3-6-17(18)19(26-27)20(28)25-15-5-2-4-14(12-15)21(22,23)24/h8-11,14-15H,2-7,12H2,1H3,(H,25,28). The Morgan fingerprint density at radius 3 is 2.61 bits per heavy atom. The molecule has 0 aliphatic heterocycles. The van der Waals surface area contributed by atoms with E-state index in [4.69, 9.17) is 0 Å². The van der Waals surface area contributed by atoms with E-state index in [0.717, 1.165) is 41.8 Å². The van der Waals surface area contributed by atoms with Crippen LogP contribution in [0.3, 0.4) is 0 Å². The van der Waals surface area contributed by atoms with E-state index in [2.05, 4.69) is 10.4 Å². The van der Waals surface area contributed by atoms with E-state index in [9.17, 15) is 18.0 Å². The van der Waals surface area contributed by atoms with E-state index >= 15 is 0 Å². The first kappa shape index (κ1) is 19.0. The second-order valence-corrected chi connectivity index (χ2v) is 7.95. The molecule has 0 radical (unpaired) electrons. The van der Waals surface area contributed by atoms with Crippen molar-refractivity contribution in [2.24, 2.45) is 5.92 Å². The van der Waals surface area contributed by atoms with Crippen LogP contribution in [0, 0.1) is 12.8 Å². The number of nitrogens with one attached hydrogen (secondary N) is 1. The van der Waals surface area contributed by atoms with Gasteiger partial charge in [0.2, 0.25) is 0 Å². The lowest BCUT2D eigenvalue weighted by Crippen LogP contribution is -2.42. The highest BCUT2D eigenvalue weighted by Crippen LogP contribution is 2.37. The number of carbonyl (C=O) groups excluding carboxylic acids is 1. The summed E-state index contributed by atoms with van der Waals surface area (Å²) >= 11 is 0. The largest absolute Gasteiger partial charge is 0.391 e. The Morgan fingerprint density at radius 1 is 1.14 bits per heavy atom. The lowest BCUT2D eigenvalue weighted by molar-refractivity contribution is -0.183. The first-order valence-electron chi connectivity index (χ1n) is 9.88. The summed E-state index contributed by atoms with van der Waals surface area (Å²) in [5, 5.41) is 7.37. The highest BCUT2D eigenvalue weighted by molar-refractivity contribution is 5.94. The average molecular weight is 391 g/mol. The molecule has 1 amide bonds. The van der Waals surface area contributed by atoms with Gasteiger partial charge in [0.1, 0.15) is 0 Å². The van der Waals surface area contributed by atoms with Crippen molar-refractivity contribution in [1.29, 1.82) is 0 Å². The van der Waals surface area contributed by atoms with E-state index in [1.807, 2.05) is 35.9 Å². The number of carbonyl (C=O) groups is 1. The Hall–Kier alpha value is -2.31. The Bertz CT molecular complexity index is 870. The Morgan fingerprint density at radius 2 is 1.89 bits per heavy atom. The van der Waals surface area contributed by atoms with Crippen LogP contribution in [0.1, 0.15) is 59.4 Å². The van der Waals surface area contributed by atoms with Crippen molar-refractivity contribution >= 4 is 5.91 Å². The number of alkyl halides is 3. The molecule has 1 aromatic carbocycles. The van der Waals surface area contributed by atoms with E-state index in [0.29, 0.717) is 18.5 Å². The first-order valence-corrected chi connectivity index (χ1v) is 9.88. The van der Waals surface area contributed by atoms with Crippen LogP contribution in [-0.2, 0) is 12.8 Å². The summed E-state index contributed by atoms with van der Waals surface area (Å²) in [5.41, 5.74) is 4.37. The third-order valence-electron chi connectivity index (χ3n) is 5.90. The maximum absolute atomic E-state index is 13.0. The smallest absolute Gasteiger partial charge is 0.348 e. The number of benzene rings is 1. The summed E-state index contributed by atoms with van der Waals surface area (Å²) in [6.45, 7) is 2.01. The fraction of sp³-hybridized carbons (Fsp3) is 0.524. The molecular weight excluding hydrogens is 367 g/mol. The van der Waals surface area contributed by atoms with Gasteiger partial charge in [-0.2, -0.15) is 18.3 Å². The zero-order valence-corrected chi connectivity index (χ0v) is 15.9. The molecule has 1 fully saturated rings. The second-order valence-electron chi connectivity index (χ2n) is 7.95. The summed E-state index contributed by atoms with van der Waals surface area (Å²) in [6, 6.07) is 7.49. The number of fused-ring (bicyclic) bond motifs is 1. The van der Waals surface area contributed by atoms with Crippen molar-refractivity contribution in [3.63, 3.8) is 0 Å². The molecule has 0 bridgehead atoms. The molecule has 0 spiro atoms. The Balaban J connectivity index is 1.55. The third kappa shape index (κ3) is 3.66. The minimum atomic E-state index is -4.20. The van der Waals surface area contributed by atoms with Gasteiger partial charge in [-0.1, -0.05) is 24.1 Å². The Kier molecular flexibility index (Phi) is 4.93. The number of amides is 1. The lowest BCUT2D eigenvalue weighted by Gasteiger charge is -2.30. The van der Waals surface area contributed by atoms with Crippen LogP contribution >= 0.6 is 0 Å². The van der Waals surface area contributed by atoms with Gasteiger partial charge in [0.25, 0.3) is 5.91 Å². The van der Waals surface area contributed by atoms with Gasteiger partial charge in [-0.25, -0.2) is 4.68 Å². The van der Waals surface area contributed by atoms with Crippen LogP contribution in [0.5, 0.6) is 0 Å². The summed E-state index contributed by atoms with van der Waals surface area (Å²) in [4.78, 5) is 12.9. The average Bonchev–Trinajstić information content (AvgIpc) is 3.24. The summed E-state index contributed by atoms with van der Waals surface area (Å²) in [6.07, 6.45) is -0.451. The fourth-order valence-corrected chi connectivity index (χ4v) is 4.39. The van der Waals surface area contributed by atoms with Crippen molar-refractivity contribution in [3.05, 3.63) is 46.8 Å². The molecule has 0 saturated heterocycles. The number of hydrogen-bond acceptors (Lipinski definition) is 2. The summed E-state index contributed by atoms with van der Waals surface area (Å²) in [7, 11) is 0. The maximum atomic E-state index is 13.0. The number of rotatable bonds is 3. The molecule has 2 unspecified atom stereocenters. The fourth-order valence-electron chi connectivity index (χ4n) is 4.39. The van der Waals surface area contributed by atoms with Crippen molar-refractivity contribution in [3.8, 4) is 5.69 Å². The second kappa shape index (κ2) is 7.26. The molecule has 7 heteroatoms. The summed E-state index contributed by atoms with van der Waals surface area (Å²) in [5.74, 6) is -1.68. The van der Waals surface area contributed by atoms with Gasteiger partial charge < -0.3 is 5.32 Å². The van der Waals surface area contributed by atoms with Crippen molar-refractivity contribution in [1.82, 2.24) is 15.1 Å². The van der Waals surface area contributed by atoms with Crippen LogP contribution in [0.4, 0.5) is 13.2 Å². The summed E-state index contributed by atoms with van der Waals surface area (Å²) < 4.78 is 41.0. The van der Waals surface area contributed by atoms with Gasteiger partial charge in [-0.3, -0.25) is 4.79 Å². The predicted octanol–water partition coefficient (Wildman–Crippen LogP) is 4.52. The van der Waals surface area contributed by atoms with Gasteiger partial charge in [0.05, 0.1) is 11.6 Å². The van der Waals surface area contributed by atoms with Gasteiger partial charge in [0, 0.05) is 17.3 Å². The minimum absolute atomic E-state index is 0.0455. The van der Waals surface area contributed by atoms with Crippen LogP contribution < -0.4 is 5.32 Å². The normalized spacial score (nSPS) is 22.1. The topological polar surface area (TPSA) is 46.9 Å². The number of halogens is 3. The minimum Gasteiger partial charge on any atom is -0.348 e. The SMILES string of the molecule is Cc1ccc(-n2nc(C(=O)NC3CCCC(C(F)(F)F)C3)c3c2CCC3)cc1. The zero-order valence-electron chi connectivity index (χ0n) is 15.9. The molecule has 4 rings (SSSR count). The Labute approximate surface area is 162 Å². The quantitative estimate of drug-likeness (QED) is 0.836. The van der Waals surface area contributed by atoms with Crippen molar-refractivity contribution in [2.45, 2.75) is 64.1 Å². The van der Waals surface area contributed by atoms with Crippen LogP contribution in [-0.4, -0.2) is 27.9 Å². The molecule has 1 heterocycles. The van der Waals surface area contributed by atoms with E-state index in [1.54, 1.807) is 0 Å². The van der Waals surface area contributed by atoms with E-state index in [-0.39, 0.29) is 18.7 Å². The third-order valence-corrected chi connectivity index (χ3v) is 5.90. The van der Waals surface area contributed by atoms with Crippen LogP contribution in [0.15, 0.2) is 24.3 Å². The number of nitrogens with zero attached hydrogens (tertiary/aromatic N) is 2. The predicted molar refractivity (Wildman–Crippen MR) is 99.6 cm³/mol. The van der Waals surface area contributed by atoms with Gasteiger partial charge in [-0.15, -0.1) is 0 Å². The molecule has 1 saturated carbocycles. The molecule has 2 aliphatic carbocycles.